The van der Waals surface area contributed by atoms with E-state index in [1.165, 1.54) is 19.1 Å². The van der Waals surface area contributed by atoms with Crippen molar-refractivity contribution in [3.05, 3.63) is 38.5 Å². The molecule has 0 saturated heterocycles. The Hall–Kier alpha value is -2.08. The molecule has 0 atom stereocenters. The summed E-state index contributed by atoms with van der Waals surface area (Å²) in [5.41, 5.74) is 0.387. The minimum atomic E-state index is -0.748. The Morgan fingerprint density at radius 3 is 2.58 bits per heavy atom. The third-order valence-electron chi connectivity index (χ3n) is 3.31. The monoisotopic (exact) mass is 414 g/mol. The Bertz CT molecular complexity index is 772. The molecule has 1 aromatic carbocycles. The molecule has 0 aromatic heterocycles. The molecule has 0 aliphatic carbocycles. The number of nitriles is 1. The van der Waals surface area contributed by atoms with E-state index in [0.29, 0.717) is 10.2 Å². The van der Waals surface area contributed by atoms with Crippen molar-refractivity contribution in [2.24, 2.45) is 0 Å². The van der Waals surface area contributed by atoms with Crippen LogP contribution in [0.2, 0.25) is 5.02 Å². The van der Waals surface area contributed by atoms with E-state index in [2.05, 4.69) is 20.7 Å². The number of carbonyl (C=O) groups excluding carboxylic acids is 2. The predicted octanol–water partition coefficient (Wildman–Crippen LogP) is 2.37. The number of methoxy groups -OCH3 is 2. The Morgan fingerprint density at radius 1 is 1.33 bits per heavy atom. The fourth-order valence-electron chi connectivity index (χ4n) is 2.21. The molecule has 1 aliphatic rings. The molecular weight excluding hydrogens is 404 g/mol. The maximum absolute atomic E-state index is 12.2. The van der Waals surface area contributed by atoms with E-state index in [-0.39, 0.29) is 35.2 Å². The van der Waals surface area contributed by atoms with Crippen LogP contribution in [0.3, 0.4) is 0 Å². The van der Waals surface area contributed by atoms with Gasteiger partial charge < -0.3 is 19.1 Å². The molecule has 7 nitrogen and oxygen atoms in total. The highest BCUT2D eigenvalue weighted by Crippen LogP contribution is 2.36. The van der Waals surface area contributed by atoms with Gasteiger partial charge in [0.15, 0.2) is 0 Å². The van der Waals surface area contributed by atoms with Crippen molar-refractivity contribution < 1.29 is 23.8 Å². The van der Waals surface area contributed by atoms with Crippen LogP contribution in [0.4, 0.5) is 5.69 Å². The first-order valence-electron chi connectivity index (χ1n) is 6.59. The molecule has 24 heavy (non-hydrogen) atoms. The lowest BCUT2D eigenvalue weighted by Crippen LogP contribution is -2.39. The molecule has 126 valence electrons. The van der Waals surface area contributed by atoms with Gasteiger partial charge in [-0.1, -0.05) is 11.6 Å². The molecule has 0 fully saturated rings. The number of rotatable bonds is 3. The van der Waals surface area contributed by atoms with Gasteiger partial charge in [0.05, 0.1) is 42.7 Å². The van der Waals surface area contributed by atoms with Crippen LogP contribution < -0.4 is 4.90 Å². The minimum Gasteiger partial charge on any atom is -0.466 e. The van der Waals surface area contributed by atoms with Crippen molar-refractivity contribution in [2.75, 3.05) is 32.5 Å². The average molecular weight is 416 g/mol. The summed E-state index contributed by atoms with van der Waals surface area (Å²) >= 11 is 9.38. The standard InChI is InChI=1S/C15H12BrClN2O5/c1-22-14(20)9-6-24-7-19(13(9)15(21)23-2)11-4-3-10(16)12(17)8(11)5-18/h3-4H,6-7H2,1-2H3. The summed E-state index contributed by atoms with van der Waals surface area (Å²) in [4.78, 5) is 25.5. The van der Waals surface area contributed by atoms with Crippen molar-refractivity contribution in [2.45, 2.75) is 0 Å². The predicted molar refractivity (Wildman–Crippen MR) is 88.2 cm³/mol. The summed E-state index contributed by atoms with van der Waals surface area (Å²) in [6.07, 6.45) is 0. The molecule has 0 radical (unpaired) electrons. The van der Waals surface area contributed by atoms with Crippen molar-refractivity contribution >= 4 is 45.2 Å². The molecule has 0 spiro atoms. The zero-order valence-corrected chi connectivity index (χ0v) is 15.1. The Labute approximate surface area is 151 Å². The molecule has 1 heterocycles. The van der Waals surface area contributed by atoms with Crippen LogP contribution in [0.25, 0.3) is 0 Å². The number of esters is 2. The van der Waals surface area contributed by atoms with Crippen LogP contribution in [-0.2, 0) is 23.8 Å². The first kappa shape index (κ1) is 18.3. The molecule has 1 aromatic rings. The number of anilines is 1. The second-order valence-electron chi connectivity index (χ2n) is 4.58. The van der Waals surface area contributed by atoms with E-state index in [0.717, 1.165) is 0 Å². The van der Waals surface area contributed by atoms with Gasteiger partial charge >= 0.3 is 11.9 Å². The van der Waals surface area contributed by atoms with Gasteiger partial charge in [-0.3, -0.25) is 0 Å². The number of benzene rings is 1. The van der Waals surface area contributed by atoms with E-state index < -0.39 is 11.9 Å². The number of ether oxygens (including phenoxy) is 3. The third-order valence-corrected chi connectivity index (χ3v) is 4.59. The lowest BCUT2D eigenvalue weighted by atomic mass is 10.1. The van der Waals surface area contributed by atoms with Gasteiger partial charge in [-0.2, -0.15) is 5.26 Å². The second-order valence-corrected chi connectivity index (χ2v) is 5.82. The van der Waals surface area contributed by atoms with E-state index in [1.807, 2.05) is 6.07 Å². The van der Waals surface area contributed by atoms with E-state index in [1.54, 1.807) is 12.1 Å². The Morgan fingerprint density at radius 2 is 2.00 bits per heavy atom. The first-order valence-corrected chi connectivity index (χ1v) is 7.76. The highest BCUT2D eigenvalue weighted by molar-refractivity contribution is 9.10. The van der Waals surface area contributed by atoms with Gasteiger partial charge in [0.2, 0.25) is 0 Å². The maximum atomic E-state index is 12.2. The Balaban J connectivity index is 2.69. The largest absolute Gasteiger partial charge is 0.466 e. The molecule has 0 amide bonds. The lowest BCUT2D eigenvalue weighted by Gasteiger charge is -2.32. The fourth-order valence-corrected chi connectivity index (χ4v) is 2.74. The SMILES string of the molecule is COC(=O)C1=C(C(=O)OC)N(c2ccc(Br)c(Cl)c2C#N)COC1. The normalized spacial score (nSPS) is 14.2. The molecular formula is C15H12BrClN2O5. The van der Waals surface area contributed by atoms with E-state index in [9.17, 15) is 14.9 Å². The first-order chi connectivity index (χ1) is 11.5. The van der Waals surface area contributed by atoms with Gasteiger partial charge in [0.1, 0.15) is 18.5 Å². The second kappa shape index (κ2) is 7.66. The number of carbonyl (C=O) groups is 2. The van der Waals surface area contributed by atoms with Crippen molar-refractivity contribution in [1.82, 2.24) is 0 Å². The minimum absolute atomic E-state index is 0.00136. The summed E-state index contributed by atoms with van der Waals surface area (Å²) in [6.45, 7) is -0.169. The van der Waals surface area contributed by atoms with Crippen LogP contribution in [-0.4, -0.2) is 39.5 Å². The number of hydrogen-bond donors (Lipinski definition) is 0. The van der Waals surface area contributed by atoms with Crippen molar-refractivity contribution in [1.29, 1.82) is 5.26 Å². The van der Waals surface area contributed by atoms with E-state index >= 15 is 0 Å². The van der Waals surface area contributed by atoms with Crippen LogP contribution in [0.5, 0.6) is 0 Å². The quantitative estimate of drug-likeness (QED) is 0.700. The third kappa shape index (κ3) is 3.24. The number of halogens is 2. The smallest absolute Gasteiger partial charge is 0.355 e. The maximum Gasteiger partial charge on any atom is 0.355 e. The fraction of sp³-hybridized carbons (Fsp3) is 0.267. The summed E-state index contributed by atoms with van der Waals surface area (Å²) in [7, 11) is 2.39. The topological polar surface area (TPSA) is 88.9 Å². The summed E-state index contributed by atoms with van der Waals surface area (Å²) in [6, 6.07) is 5.20. The molecule has 2 rings (SSSR count). The Kier molecular flexibility index (Phi) is 5.83. The van der Waals surface area contributed by atoms with Gasteiger partial charge in [-0.15, -0.1) is 0 Å². The zero-order valence-electron chi connectivity index (χ0n) is 12.8. The average Bonchev–Trinajstić information content (AvgIpc) is 2.61. The lowest BCUT2D eigenvalue weighted by molar-refractivity contribution is -0.140. The summed E-state index contributed by atoms with van der Waals surface area (Å²) < 4.78 is 15.3. The van der Waals surface area contributed by atoms with Gasteiger partial charge in [-0.25, -0.2) is 9.59 Å². The van der Waals surface area contributed by atoms with Gasteiger partial charge in [0.25, 0.3) is 0 Å². The zero-order chi connectivity index (χ0) is 17.9. The molecule has 0 saturated carbocycles. The van der Waals surface area contributed by atoms with Crippen molar-refractivity contribution in [3.63, 3.8) is 0 Å². The van der Waals surface area contributed by atoms with Gasteiger partial charge in [-0.05, 0) is 28.1 Å². The summed E-state index contributed by atoms with van der Waals surface area (Å²) in [5, 5.41) is 9.60. The molecule has 0 unspecified atom stereocenters. The van der Waals surface area contributed by atoms with Crippen LogP contribution in [0, 0.1) is 11.3 Å². The van der Waals surface area contributed by atoms with Crippen LogP contribution >= 0.6 is 27.5 Å². The van der Waals surface area contributed by atoms with Crippen molar-refractivity contribution in [3.8, 4) is 6.07 Å². The number of hydrogen-bond acceptors (Lipinski definition) is 7. The highest BCUT2D eigenvalue weighted by atomic mass is 79.9. The highest BCUT2D eigenvalue weighted by Gasteiger charge is 2.33. The van der Waals surface area contributed by atoms with Crippen LogP contribution in [0.15, 0.2) is 27.9 Å². The molecule has 0 N–H and O–H groups in total. The molecule has 0 bridgehead atoms. The van der Waals surface area contributed by atoms with Crippen LogP contribution in [0.1, 0.15) is 5.56 Å². The van der Waals surface area contributed by atoms with Gasteiger partial charge in [0, 0.05) is 4.47 Å². The van der Waals surface area contributed by atoms with E-state index in [4.69, 9.17) is 21.1 Å². The number of nitrogens with zero attached hydrogens (tertiary/aromatic N) is 2. The summed E-state index contributed by atoms with van der Waals surface area (Å²) in [5.74, 6) is -1.47. The molecule has 9 heteroatoms. The molecule has 1 aliphatic heterocycles.